The Hall–Kier alpha value is -3.17. The molecule has 0 aliphatic heterocycles. The van der Waals surface area contributed by atoms with E-state index in [1.54, 1.807) is 19.1 Å². The van der Waals surface area contributed by atoms with E-state index >= 15 is 0 Å². The zero-order chi connectivity index (χ0) is 20.5. The first-order valence-corrected chi connectivity index (χ1v) is 9.90. The van der Waals surface area contributed by atoms with Crippen LogP contribution in [0.25, 0.3) is 22.2 Å². The standard InChI is InChI=1S/C22H20ClN3O3/c1-13(23)29-17-9-10-18-19(12-24)21(26(20(18)11-17)16-3-2-4-16)14-5-7-15(8-6-14)25-22(27)28/h5-11,13,16,25H,2-4H2,1H3,(H,27,28). The molecule has 0 bridgehead atoms. The van der Waals surface area contributed by atoms with Gasteiger partial charge in [-0.05, 0) is 56.0 Å². The lowest BCUT2D eigenvalue weighted by atomic mass is 9.92. The Morgan fingerprint density at radius 3 is 2.59 bits per heavy atom. The van der Waals surface area contributed by atoms with E-state index in [2.05, 4.69) is 16.0 Å². The molecule has 0 spiro atoms. The van der Waals surface area contributed by atoms with E-state index in [-0.39, 0.29) is 0 Å². The summed E-state index contributed by atoms with van der Waals surface area (Å²) in [5.74, 6) is 0.662. The zero-order valence-electron chi connectivity index (χ0n) is 15.9. The molecule has 1 aromatic heterocycles. The van der Waals surface area contributed by atoms with E-state index in [4.69, 9.17) is 21.4 Å². The molecular formula is C22H20ClN3O3. The molecule has 2 aromatic carbocycles. The molecule has 6 nitrogen and oxygen atoms in total. The number of nitrogens with one attached hydrogen (secondary N) is 1. The molecule has 1 amide bonds. The molecule has 4 rings (SSSR count). The number of hydrogen-bond donors (Lipinski definition) is 2. The Morgan fingerprint density at radius 2 is 2.03 bits per heavy atom. The van der Waals surface area contributed by atoms with E-state index in [1.807, 2.05) is 30.3 Å². The second-order valence-electron chi connectivity index (χ2n) is 7.14. The highest BCUT2D eigenvalue weighted by Crippen LogP contribution is 2.43. The van der Waals surface area contributed by atoms with Crippen LogP contribution in [0.2, 0.25) is 0 Å². The van der Waals surface area contributed by atoms with Gasteiger partial charge in [-0.15, -0.1) is 0 Å². The molecule has 1 heterocycles. The Balaban J connectivity index is 1.90. The van der Waals surface area contributed by atoms with Gasteiger partial charge in [-0.1, -0.05) is 23.7 Å². The molecule has 2 N–H and O–H groups in total. The quantitative estimate of drug-likeness (QED) is 0.509. The van der Waals surface area contributed by atoms with Gasteiger partial charge in [-0.2, -0.15) is 5.26 Å². The number of aromatic nitrogens is 1. The normalized spacial score (nSPS) is 14.8. The van der Waals surface area contributed by atoms with Crippen molar-refractivity contribution in [3.63, 3.8) is 0 Å². The minimum absolute atomic E-state index is 0.315. The van der Waals surface area contributed by atoms with E-state index in [0.717, 1.165) is 41.4 Å². The van der Waals surface area contributed by atoms with E-state index < -0.39 is 11.7 Å². The van der Waals surface area contributed by atoms with Gasteiger partial charge in [-0.25, -0.2) is 4.79 Å². The molecule has 148 valence electrons. The number of hydrogen-bond acceptors (Lipinski definition) is 3. The molecule has 0 radical (unpaired) electrons. The number of ether oxygens (including phenoxy) is 1. The Labute approximate surface area is 173 Å². The molecule has 1 fully saturated rings. The van der Waals surface area contributed by atoms with Crippen LogP contribution in [0, 0.1) is 11.3 Å². The maximum Gasteiger partial charge on any atom is 0.409 e. The lowest BCUT2D eigenvalue weighted by Gasteiger charge is -2.30. The predicted molar refractivity (Wildman–Crippen MR) is 113 cm³/mol. The van der Waals surface area contributed by atoms with Crippen LogP contribution in [0.5, 0.6) is 5.75 Å². The Kier molecular flexibility index (Phi) is 5.08. The molecule has 29 heavy (non-hydrogen) atoms. The van der Waals surface area contributed by atoms with E-state index in [0.29, 0.717) is 23.0 Å². The zero-order valence-corrected chi connectivity index (χ0v) is 16.6. The van der Waals surface area contributed by atoms with E-state index in [9.17, 15) is 10.1 Å². The minimum Gasteiger partial charge on any atom is -0.475 e. The average Bonchev–Trinajstić information content (AvgIpc) is 2.93. The van der Waals surface area contributed by atoms with Gasteiger partial charge in [0.2, 0.25) is 0 Å². The van der Waals surface area contributed by atoms with Crippen molar-refractivity contribution in [2.75, 3.05) is 5.32 Å². The molecule has 1 aliphatic carbocycles. The summed E-state index contributed by atoms with van der Waals surface area (Å²) in [5.41, 5.74) is 3.31. The number of benzene rings is 2. The lowest BCUT2D eigenvalue weighted by molar-refractivity contribution is 0.209. The summed E-state index contributed by atoms with van der Waals surface area (Å²) in [6.45, 7) is 1.76. The highest BCUT2D eigenvalue weighted by Gasteiger charge is 2.28. The van der Waals surface area contributed by atoms with Crippen LogP contribution in [0.3, 0.4) is 0 Å². The third kappa shape index (κ3) is 3.62. The van der Waals surface area contributed by atoms with Gasteiger partial charge in [0.1, 0.15) is 11.8 Å². The second-order valence-corrected chi connectivity index (χ2v) is 7.75. The number of fused-ring (bicyclic) bond motifs is 1. The SMILES string of the molecule is CC(Cl)Oc1ccc2c(C#N)c(-c3ccc(NC(=O)O)cc3)n(C3CCC3)c2c1. The summed E-state index contributed by atoms with van der Waals surface area (Å²) in [7, 11) is 0. The summed E-state index contributed by atoms with van der Waals surface area (Å²) in [6.07, 6.45) is 2.15. The van der Waals surface area contributed by atoms with Crippen LogP contribution < -0.4 is 10.1 Å². The first-order chi connectivity index (χ1) is 14.0. The van der Waals surface area contributed by atoms with Gasteiger partial charge < -0.3 is 14.4 Å². The molecule has 7 heteroatoms. The van der Waals surface area contributed by atoms with Crippen molar-refractivity contribution in [1.82, 2.24) is 4.57 Å². The monoisotopic (exact) mass is 409 g/mol. The maximum absolute atomic E-state index is 10.9. The fourth-order valence-corrected chi connectivity index (χ4v) is 3.91. The van der Waals surface area contributed by atoms with E-state index in [1.165, 1.54) is 0 Å². The van der Waals surface area contributed by atoms with Gasteiger partial charge in [0, 0.05) is 23.2 Å². The van der Waals surface area contributed by atoms with Crippen molar-refractivity contribution in [3.05, 3.63) is 48.0 Å². The number of halogens is 1. The largest absolute Gasteiger partial charge is 0.475 e. The molecule has 3 aromatic rings. The highest BCUT2D eigenvalue weighted by molar-refractivity contribution is 6.19. The predicted octanol–water partition coefficient (Wildman–Crippen LogP) is 5.96. The fourth-order valence-electron chi connectivity index (χ4n) is 3.81. The topological polar surface area (TPSA) is 87.3 Å². The van der Waals surface area contributed by atoms with Crippen molar-refractivity contribution in [1.29, 1.82) is 5.26 Å². The number of anilines is 1. The first kappa shape index (κ1) is 19.2. The van der Waals surface area contributed by atoms with Crippen LogP contribution in [0.15, 0.2) is 42.5 Å². The van der Waals surface area contributed by atoms with Crippen molar-refractivity contribution in [2.45, 2.75) is 37.8 Å². The summed E-state index contributed by atoms with van der Waals surface area (Å²) < 4.78 is 7.88. The van der Waals surface area contributed by atoms with Crippen molar-refractivity contribution >= 4 is 34.3 Å². The molecule has 0 saturated heterocycles. The number of nitrogens with zero attached hydrogens (tertiary/aromatic N) is 2. The Morgan fingerprint density at radius 1 is 1.31 bits per heavy atom. The van der Waals surface area contributed by atoms with Gasteiger partial charge in [0.15, 0.2) is 5.56 Å². The number of amides is 1. The second kappa shape index (κ2) is 7.69. The molecular weight excluding hydrogens is 390 g/mol. The van der Waals surface area contributed by atoms with Crippen molar-refractivity contribution in [2.24, 2.45) is 0 Å². The lowest BCUT2D eigenvalue weighted by Crippen LogP contribution is -2.18. The smallest absolute Gasteiger partial charge is 0.409 e. The number of rotatable bonds is 5. The molecule has 1 atom stereocenters. The number of carbonyl (C=O) groups is 1. The molecule has 1 aliphatic rings. The van der Waals surface area contributed by atoms with Crippen LogP contribution in [-0.4, -0.2) is 21.3 Å². The summed E-state index contributed by atoms with van der Waals surface area (Å²) in [4.78, 5) is 10.9. The highest BCUT2D eigenvalue weighted by atomic mass is 35.5. The van der Waals surface area contributed by atoms with Crippen molar-refractivity contribution in [3.8, 4) is 23.1 Å². The summed E-state index contributed by atoms with van der Waals surface area (Å²) >= 11 is 5.99. The first-order valence-electron chi connectivity index (χ1n) is 9.47. The Bertz CT molecular complexity index is 1110. The molecule has 1 unspecified atom stereocenters. The average molecular weight is 410 g/mol. The summed E-state index contributed by atoms with van der Waals surface area (Å²) in [5, 5.41) is 22.1. The number of nitriles is 1. The van der Waals surface area contributed by atoms with Crippen LogP contribution in [-0.2, 0) is 0 Å². The van der Waals surface area contributed by atoms with Crippen LogP contribution in [0.4, 0.5) is 10.5 Å². The van der Waals surface area contributed by atoms with Gasteiger partial charge in [-0.3, -0.25) is 5.32 Å². The van der Waals surface area contributed by atoms with Crippen molar-refractivity contribution < 1.29 is 14.6 Å². The van der Waals surface area contributed by atoms with Gasteiger partial charge >= 0.3 is 6.09 Å². The minimum atomic E-state index is -1.11. The van der Waals surface area contributed by atoms with Gasteiger partial charge in [0.05, 0.1) is 16.8 Å². The number of alkyl halides is 1. The molecule has 1 saturated carbocycles. The van der Waals surface area contributed by atoms with Crippen LogP contribution >= 0.6 is 11.6 Å². The fraction of sp³-hybridized carbons (Fsp3) is 0.273. The summed E-state index contributed by atoms with van der Waals surface area (Å²) in [6, 6.07) is 15.5. The van der Waals surface area contributed by atoms with Crippen LogP contribution in [0.1, 0.15) is 37.8 Å². The number of carboxylic acid groups (broad SMARTS) is 1. The third-order valence-corrected chi connectivity index (χ3v) is 5.32. The van der Waals surface area contributed by atoms with Gasteiger partial charge in [0.25, 0.3) is 0 Å². The maximum atomic E-state index is 10.9. The third-order valence-electron chi connectivity index (χ3n) is 5.24.